The third-order valence-corrected chi connectivity index (χ3v) is 1.49. The highest BCUT2D eigenvalue weighted by Crippen LogP contribution is 2.14. The molecular formula is C6H7N2O. The Kier molecular flexibility index (Phi) is 0.873. The van der Waals surface area contributed by atoms with Crippen LogP contribution in [0.4, 0.5) is 0 Å². The molecule has 0 aliphatic carbocycles. The van der Waals surface area contributed by atoms with Gasteiger partial charge in [0, 0.05) is 18.3 Å². The van der Waals surface area contributed by atoms with Gasteiger partial charge in [0.2, 0.25) is 0 Å². The fraction of sp³-hybridized carbons (Fsp3) is 0.333. The Balaban J connectivity index is 2.39. The number of hydrogen-bond donors (Lipinski definition) is 1. The van der Waals surface area contributed by atoms with Gasteiger partial charge in [0.05, 0.1) is 19.0 Å². The first kappa shape index (κ1) is 4.99. The van der Waals surface area contributed by atoms with Gasteiger partial charge in [-0.25, -0.2) is 4.98 Å². The summed E-state index contributed by atoms with van der Waals surface area (Å²) in [5.41, 5.74) is 1.02. The molecule has 1 aliphatic rings. The molecule has 0 amide bonds. The summed E-state index contributed by atoms with van der Waals surface area (Å²) >= 11 is 0. The fourth-order valence-corrected chi connectivity index (χ4v) is 1.07. The lowest BCUT2D eigenvalue weighted by Gasteiger charge is -1.94. The number of fused-ring (bicyclic) bond motifs is 1. The molecule has 1 aliphatic heterocycles. The number of nitrogens with zero attached hydrogens (tertiary/aromatic N) is 2. The van der Waals surface area contributed by atoms with E-state index >= 15 is 0 Å². The van der Waals surface area contributed by atoms with Crippen molar-refractivity contribution in [3.05, 3.63) is 24.6 Å². The number of rotatable bonds is 0. The highest BCUT2D eigenvalue weighted by atomic mass is 16.3. The van der Waals surface area contributed by atoms with Gasteiger partial charge in [0.15, 0.2) is 0 Å². The van der Waals surface area contributed by atoms with Gasteiger partial charge in [0.1, 0.15) is 0 Å². The number of hydrogen-bond acceptors (Lipinski definition) is 2. The Hall–Kier alpha value is -0.830. The van der Waals surface area contributed by atoms with Crippen LogP contribution in [0.3, 0.4) is 0 Å². The zero-order chi connectivity index (χ0) is 6.27. The van der Waals surface area contributed by atoms with Crippen molar-refractivity contribution in [3.8, 4) is 0 Å². The van der Waals surface area contributed by atoms with Crippen molar-refractivity contribution in [1.29, 1.82) is 0 Å². The van der Waals surface area contributed by atoms with Crippen LogP contribution < -0.4 is 0 Å². The minimum atomic E-state index is -0.303. The summed E-state index contributed by atoms with van der Waals surface area (Å²) in [5, 5.41) is 9.04. The molecule has 1 N–H and O–H groups in total. The van der Waals surface area contributed by atoms with Crippen LogP contribution in [0.1, 0.15) is 5.69 Å². The van der Waals surface area contributed by atoms with E-state index in [9.17, 15) is 0 Å². The van der Waals surface area contributed by atoms with E-state index in [4.69, 9.17) is 5.11 Å². The fourth-order valence-electron chi connectivity index (χ4n) is 1.07. The maximum absolute atomic E-state index is 9.04. The minimum Gasteiger partial charge on any atom is -0.391 e. The van der Waals surface area contributed by atoms with Gasteiger partial charge >= 0.3 is 0 Å². The SMILES string of the molecule is O[C@H]1[CH]c2cncn2C1. The number of aliphatic hydroxyl groups is 1. The average Bonchev–Trinajstić information content (AvgIpc) is 2.22. The van der Waals surface area contributed by atoms with E-state index in [0.717, 1.165) is 5.69 Å². The third kappa shape index (κ3) is 0.650. The number of imidazole rings is 1. The molecule has 0 unspecified atom stereocenters. The molecule has 0 saturated heterocycles. The second kappa shape index (κ2) is 1.57. The van der Waals surface area contributed by atoms with Crippen LogP contribution >= 0.6 is 0 Å². The second-order valence-electron chi connectivity index (χ2n) is 2.20. The molecule has 1 radical (unpaired) electrons. The molecule has 1 aromatic rings. The van der Waals surface area contributed by atoms with Gasteiger partial charge in [-0.05, 0) is 0 Å². The van der Waals surface area contributed by atoms with Crippen LogP contribution in [0.25, 0.3) is 0 Å². The van der Waals surface area contributed by atoms with Gasteiger partial charge in [-0.3, -0.25) is 0 Å². The number of aromatic nitrogens is 2. The summed E-state index contributed by atoms with van der Waals surface area (Å²) in [6.07, 6.45) is 4.97. The molecule has 3 heteroatoms. The monoisotopic (exact) mass is 123 g/mol. The standard InChI is InChI=1S/C6H7N2O/c9-6-1-5-2-7-4-8(5)3-6/h1-2,4,6,9H,3H2/t6-/m0/s1. The summed E-state index contributed by atoms with van der Waals surface area (Å²) in [4.78, 5) is 3.90. The van der Waals surface area contributed by atoms with Crippen LogP contribution in [0, 0.1) is 6.42 Å². The first-order valence-electron chi connectivity index (χ1n) is 2.89. The summed E-state index contributed by atoms with van der Waals surface area (Å²) in [6.45, 7) is 0.662. The molecule has 1 aromatic heterocycles. The molecule has 3 nitrogen and oxygen atoms in total. The van der Waals surface area contributed by atoms with Crippen LogP contribution in [0.2, 0.25) is 0 Å². The Morgan fingerprint density at radius 1 is 1.78 bits per heavy atom. The van der Waals surface area contributed by atoms with Crippen molar-refractivity contribution < 1.29 is 5.11 Å². The number of aliphatic hydroxyl groups excluding tert-OH is 1. The molecule has 0 spiro atoms. The van der Waals surface area contributed by atoms with Crippen LogP contribution in [0.15, 0.2) is 12.5 Å². The molecule has 2 rings (SSSR count). The van der Waals surface area contributed by atoms with Gasteiger partial charge in [0.25, 0.3) is 0 Å². The topological polar surface area (TPSA) is 38.1 Å². The summed E-state index contributed by atoms with van der Waals surface area (Å²) in [6, 6.07) is 0. The molecule has 0 saturated carbocycles. The normalized spacial score (nSPS) is 24.3. The van der Waals surface area contributed by atoms with Crippen molar-refractivity contribution in [2.45, 2.75) is 12.6 Å². The second-order valence-corrected chi connectivity index (χ2v) is 2.20. The lowest BCUT2D eigenvalue weighted by Crippen LogP contribution is -2.05. The minimum absolute atomic E-state index is 0.303. The Labute approximate surface area is 53.0 Å². The Morgan fingerprint density at radius 3 is 3.44 bits per heavy atom. The highest BCUT2D eigenvalue weighted by Gasteiger charge is 2.18. The zero-order valence-corrected chi connectivity index (χ0v) is 4.86. The van der Waals surface area contributed by atoms with E-state index < -0.39 is 0 Å². The van der Waals surface area contributed by atoms with E-state index in [1.54, 1.807) is 18.9 Å². The molecular weight excluding hydrogens is 116 g/mol. The van der Waals surface area contributed by atoms with Crippen molar-refractivity contribution in [1.82, 2.24) is 9.55 Å². The maximum Gasteiger partial charge on any atom is 0.0949 e. The van der Waals surface area contributed by atoms with Crippen molar-refractivity contribution in [3.63, 3.8) is 0 Å². The maximum atomic E-state index is 9.04. The molecule has 2 heterocycles. The van der Waals surface area contributed by atoms with Gasteiger partial charge < -0.3 is 9.67 Å². The van der Waals surface area contributed by atoms with Crippen molar-refractivity contribution in [2.24, 2.45) is 0 Å². The predicted octanol–water partition coefficient (Wildman–Crippen LogP) is -0.190. The smallest absolute Gasteiger partial charge is 0.0949 e. The van der Waals surface area contributed by atoms with Gasteiger partial charge in [-0.1, -0.05) is 0 Å². The van der Waals surface area contributed by atoms with Crippen molar-refractivity contribution in [2.75, 3.05) is 0 Å². The summed E-state index contributed by atoms with van der Waals surface area (Å²) < 4.78 is 1.92. The molecule has 0 fully saturated rings. The third-order valence-electron chi connectivity index (χ3n) is 1.49. The first-order valence-corrected chi connectivity index (χ1v) is 2.89. The van der Waals surface area contributed by atoms with Crippen LogP contribution in [0.5, 0.6) is 0 Å². The molecule has 47 valence electrons. The van der Waals surface area contributed by atoms with E-state index in [-0.39, 0.29) is 6.10 Å². The van der Waals surface area contributed by atoms with Gasteiger partial charge in [-0.15, -0.1) is 0 Å². The largest absolute Gasteiger partial charge is 0.391 e. The summed E-state index contributed by atoms with van der Waals surface area (Å²) in [5.74, 6) is 0. The van der Waals surface area contributed by atoms with Crippen LogP contribution in [-0.2, 0) is 6.54 Å². The zero-order valence-electron chi connectivity index (χ0n) is 4.86. The van der Waals surface area contributed by atoms with Gasteiger partial charge in [-0.2, -0.15) is 0 Å². The van der Waals surface area contributed by atoms with Crippen LogP contribution in [-0.4, -0.2) is 20.8 Å². The first-order chi connectivity index (χ1) is 4.36. The lowest BCUT2D eigenvalue weighted by molar-refractivity contribution is 0.205. The van der Waals surface area contributed by atoms with E-state index in [1.165, 1.54) is 0 Å². The quantitative estimate of drug-likeness (QED) is 0.519. The van der Waals surface area contributed by atoms with E-state index in [1.807, 2.05) is 4.57 Å². The Bertz CT molecular complexity index is 198. The predicted molar refractivity (Wildman–Crippen MR) is 31.6 cm³/mol. The summed E-state index contributed by atoms with van der Waals surface area (Å²) in [7, 11) is 0. The lowest BCUT2D eigenvalue weighted by atomic mass is 10.3. The van der Waals surface area contributed by atoms with Crippen molar-refractivity contribution >= 4 is 0 Å². The molecule has 0 aromatic carbocycles. The average molecular weight is 123 g/mol. The molecule has 9 heavy (non-hydrogen) atoms. The van der Waals surface area contributed by atoms with E-state index in [2.05, 4.69) is 4.98 Å². The molecule has 0 bridgehead atoms. The van der Waals surface area contributed by atoms with E-state index in [0.29, 0.717) is 6.54 Å². The molecule has 1 atom stereocenters. The highest BCUT2D eigenvalue weighted by molar-refractivity contribution is 5.17. The Morgan fingerprint density at radius 2 is 2.67 bits per heavy atom.